The van der Waals surface area contributed by atoms with Crippen LogP contribution in [0.4, 0.5) is 0 Å². The van der Waals surface area contributed by atoms with E-state index in [1.165, 1.54) is 17.0 Å². The van der Waals surface area contributed by atoms with Gasteiger partial charge in [-0.2, -0.15) is 0 Å². The van der Waals surface area contributed by atoms with E-state index >= 15 is 0 Å². The maximum atomic E-state index is 13.9. The first-order valence-electron chi connectivity index (χ1n) is 12.9. The molecule has 0 aromatic heterocycles. The molecule has 9 nitrogen and oxygen atoms in total. The third kappa shape index (κ3) is 5.39. The van der Waals surface area contributed by atoms with Gasteiger partial charge in [0.25, 0.3) is 11.8 Å². The van der Waals surface area contributed by atoms with Crippen LogP contribution in [0.1, 0.15) is 38.3 Å². The Bertz CT molecular complexity index is 1370. The van der Waals surface area contributed by atoms with Gasteiger partial charge in [-0.1, -0.05) is 42.5 Å². The van der Waals surface area contributed by atoms with Gasteiger partial charge in [-0.25, -0.2) is 0 Å². The number of nitrogens with zero attached hydrogens (tertiary/aromatic N) is 2. The fourth-order valence-corrected chi connectivity index (χ4v) is 5.39. The Morgan fingerprint density at radius 3 is 2.23 bits per heavy atom. The second-order valence-electron chi connectivity index (χ2n) is 9.90. The molecule has 3 atom stereocenters. The van der Waals surface area contributed by atoms with E-state index in [9.17, 15) is 24.3 Å². The van der Waals surface area contributed by atoms with Crippen LogP contribution in [0, 0.1) is 0 Å². The maximum Gasteiger partial charge on any atom is 0.254 e. The van der Waals surface area contributed by atoms with Crippen LogP contribution in [0.2, 0.25) is 0 Å². The highest BCUT2D eigenvalue weighted by Crippen LogP contribution is 2.31. The summed E-state index contributed by atoms with van der Waals surface area (Å²) in [6.45, 7) is 0.583. The minimum Gasteiger partial charge on any atom is -0.508 e. The number of fused-ring (bicyclic) bond motifs is 1. The lowest BCUT2D eigenvalue weighted by Crippen LogP contribution is -2.53. The average molecular weight is 527 g/mol. The third-order valence-electron chi connectivity index (χ3n) is 7.42. The number of rotatable bonds is 7. The van der Waals surface area contributed by atoms with E-state index in [0.29, 0.717) is 30.6 Å². The number of amides is 3. The molecule has 3 aromatic rings. The van der Waals surface area contributed by atoms with E-state index in [1.54, 1.807) is 65.6 Å². The summed E-state index contributed by atoms with van der Waals surface area (Å²) in [5.74, 6) is -1.15. The van der Waals surface area contributed by atoms with Crippen molar-refractivity contribution in [3.05, 3.63) is 101 Å². The lowest BCUT2D eigenvalue weighted by atomic mass is 10.0. The molecule has 3 amide bonds. The predicted molar refractivity (Wildman–Crippen MR) is 144 cm³/mol. The molecule has 0 bridgehead atoms. The van der Waals surface area contributed by atoms with Gasteiger partial charge in [0.15, 0.2) is 5.78 Å². The molecule has 2 aliphatic rings. The van der Waals surface area contributed by atoms with Crippen molar-refractivity contribution >= 4 is 23.5 Å². The number of benzene rings is 3. The number of carbonyl (C=O) groups excluding carboxylic acids is 4. The van der Waals surface area contributed by atoms with Crippen LogP contribution in [0.3, 0.4) is 0 Å². The Morgan fingerprint density at radius 2 is 1.56 bits per heavy atom. The summed E-state index contributed by atoms with van der Waals surface area (Å²) in [5, 5.41) is 12.5. The summed E-state index contributed by atoms with van der Waals surface area (Å²) in [7, 11) is 0. The van der Waals surface area contributed by atoms with E-state index in [-0.39, 0.29) is 36.3 Å². The van der Waals surface area contributed by atoms with Gasteiger partial charge in [0.2, 0.25) is 5.91 Å². The zero-order chi connectivity index (χ0) is 27.5. The molecule has 9 heteroatoms. The third-order valence-corrected chi connectivity index (χ3v) is 7.42. The molecule has 39 heavy (non-hydrogen) atoms. The lowest BCUT2D eigenvalue weighted by molar-refractivity contribution is -0.138. The van der Waals surface area contributed by atoms with E-state index in [1.807, 2.05) is 6.07 Å². The minimum absolute atomic E-state index is 0.0602. The Morgan fingerprint density at radius 1 is 0.897 bits per heavy atom. The smallest absolute Gasteiger partial charge is 0.254 e. The highest BCUT2D eigenvalue weighted by molar-refractivity contribution is 6.03. The van der Waals surface area contributed by atoms with E-state index in [2.05, 4.69) is 5.32 Å². The summed E-state index contributed by atoms with van der Waals surface area (Å²) < 4.78 is 0. The lowest BCUT2D eigenvalue weighted by Gasteiger charge is -2.28. The number of Topliss-reactive ketones (excluding diaryl/α,β-unsaturated/α-hetero) is 1. The van der Waals surface area contributed by atoms with Crippen molar-refractivity contribution in [2.75, 3.05) is 13.1 Å². The number of likely N-dealkylation sites (tertiary alicyclic amines) is 2. The van der Waals surface area contributed by atoms with Crippen molar-refractivity contribution in [2.24, 2.45) is 5.73 Å². The molecule has 3 unspecified atom stereocenters. The summed E-state index contributed by atoms with van der Waals surface area (Å²) >= 11 is 0. The van der Waals surface area contributed by atoms with Crippen molar-refractivity contribution in [1.29, 1.82) is 0 Å². The van der Waals surface area contributed by atoms with Gasteiger partial charge >= 0.3 is 0 Å². The van der Waals surface area contributed by atoms with Gasteiger partial charge in [0, 0.05) is 30.6 Å². The molecule has 2 saturated heterocycles. The monoisotopic (exact) mass is 526 g/mol. The molecular formula is C30H30N4O5. The van der Waals surface area contributed by atoms with E-state index in [4.69, 9.17) is 5.73 Å². The van der Waals surface area contributed by atoms with Crippen molar-refractivity contribution in [1.82, 2.24) is 15.1 Å². The molecule has 3 aromatic carbocycles. The Hall–Kier alpha value is -4.50. The van der Waals surface area contributed by atoms with Crippen LogP contribution >= 0.6 is 0 Å². The summed E-state index contributed by atoms with van der Waals surface area (Å²) in [6.07, 6.45) is 0.640. The second-order valence-corrected chi connectivity index (χ2v) is 9.90. The maximum absolute atomic E-state index is 13.9. The van der Waals surface area contributed by atoms with E-state index < -0.39 is 24.0 Å². The molecule has 2 fully saturated rings. The van der Waals surface area contributed by atoms with Crippen LogP contribution in [0.5, 0.6) is 5.75 Å². The second kappa shape index (κ2) is 11.1. The molecular weight excluding hydrogens is 496 g/mol. The van der Waals surface area contributed by atoms with Crippen LogP contribution in [0.25, 0.3) is 0 Å². The van der Waals surface area contributed by atoms with Crippen LogP contribution in [0.15, 0.2) is 78.9 Å². The van der Waals surface area contributed by atoms with Crippen LogP contribution < -0.4 is 11.1 Å². The summed E-state index contributed by atoms with van der Waals surface area (Å²) in [5.41, 5.74) is 8.14. The van der Waals surface area contributed by atoms with Gasteiger partial charge in [-0.3, -0.25) is 19.2 Å². The summed E-state index contributed by atoms with van der Waals surface area (Å²) in [6, 6.07) is 19.9. The van der Waals surface area contributed by atoms with Crippen LogP contribution in [-0.4, -0.2) is 69.6 Å². The molecule has 0 spiro atoms. The van der Waals surface area contributed by atoms with Gasteiger partial charge in [-0.05, 0) is 53.9 Å². The minimum atomic E-state index is -0.957. The molecule has 0 saturated carbocycles. The Balaban J connectivity index is 1.37. The first kappa shape index (κ1) is 26.1. The average Bonchev–Trinajstić information content (AvgIpc) is 3.54. The van der Waals surface area contributed by atoms with Crippen LogP contribution in [-0.2, 0) is 22.6 Å². The summed E-state index contributed by atoms with van der Waals surface area (Å²) in [4.78, 5) is 56.4. The number of hydrogen-bond donors (Lipinski definition) is 3. The van der Waals surface area contributed by atoms with Crippen molar-refractivity contribution in [2.45, 2.75) is 37.5 Å². The Kier molecular flexibility index (Phi) is 7.42. The number of phenols is 1. The van der Waals surface area contributed by atoms with E-state index in [0.717, 1.165) is 11.1 Å². The number of carbonyl (C=O) groups is 4. The molecule has 2 heterocycles. The fourth-order valence-electron chi connectivity index (χ4n) is 5.39. The number of aromatic hydroxyl groups is 1. The molecule has 4 N–H and O–H groups in total. The highest BCUT2D eigenvalue weighted by Gasteiger charge is 2.52. The van der Waals surface area contributed by atoms with Gasteiger partial charge in [0.05, 0.1) is 12.6 Å². The topological polar surface area (TPSA) is 133 Å². The number of hydrogen-bond acceptors (Lipinski definition) is 6. The number of ketones is 1. The number of nitrogens with one attached hydrogen (secondary N) is 1. The number of phenolic OH excluding ortho intramolecular Hbond substituents is 1. The standard InChI is InChI=1S/C30H30N4O5/c31-17-20-6-10-21(11-7-20)28(37)32-24(16-19-8-12-23(35)13-9-19)30(39)33-15-14-25-27(33)26(36)18-34(25)29(38)22-4-2-1-3-5-22/h1-13,24-25,27,35H,14-18,31H2,(H,32,37). The van der Waals surface area contributed by atoms with Crippen molar-refractivity contribution in [3.63, 3.8) is 0 Å². The molecule has 0 aliphatic carbocycles. The largest absolute Gasteiger partial charge is 0.508 e. The fraction of sp³-hybridized carbons (Fsp3) is 0.267. The zero-order valence-electron chi connectivity index (χ0n) is 21.3. The van der Waals surface area contributed by atoms with Crippen molar-refractivity contribution in [3.8, 4) is 5.75 Å². The molecule has 200 valence electrons. The van der Waals surface area contributed by atoms with Gasteiger partial charge in [0.1, 0.15) is 17.8 Å². The quantitative estimate of drug-likeness (QED) is 0.431. The van der Waals surface area contributed by atoms with Gasteiger partial charge < -0.3 is 26.0 Å². The molecule has 0 radical (unpaired) electrons. The van der Waals surface area contributed by atoms with Gasteiger partial charge in [-0.15, -0.1) is 0 Å². The predicted octanol–water partition coefficient (Wildman–Crippen LogP) is 1.89. The first-order chi connectivity index (χ1) is 18.9. The normalized spacial score (nSPS) is 19.1. The zero-order valence-corrected chi connectivity index (χ0v) is 21.3. The SMILES string of the molecule is NCc1ccc(C(=O)NC(Cc2ccc(O)cc2)C(=O)N2CCC3C2C(=O)CN3C(=O)c2ccccc2)cc1. The molecule has 2 aliphatic heterocycles. The molecule has 5 rings (SSSR count). The highest BCUT2D eigenvalue weighted by atomic mass is 16.3. The Labute approximate surface area is 226 Å². The van der Waals surface area contributed by atoms with Crippen molar-refractivity contribution < 1.29 is 24.3 Å². The first-order valence-corrected chi connectivity index (χ1v) is 12.9. The number of nitrogens with two attached hydrogens (primary N) is 1.